The van der Waals surface area contributed by atoms with E-state index in [0.717, 1.165) is 23.5 Å². The number of carbonyl (C=O) groups excluding carboxylic acids is 2. The lowest BCUT2D eigenvalue weighted by atomic mass is 10.2. The van der Waals surface area contributed by atoms with Crippen molar-refractivity contribution in [1.29, 1.82) is 0 Å². The number of thiazole rings is 1. The molecule has 27 heavy (non-hydrogen) atoms. The Balaban J connectivity index is 1.59. The second kappa shape index (κ2) is 7.89. The van der Waals surface area contributed by atoms with E-state index in [0.29, 0.717) is 16.4 Å². The number of rotatable bonds is 5. The van der Waals surface area contributed by atoms with E-state index in [9.17, 15) is 22.8 Å². The number of halogens is 3. The number of hydrogen-bond acceptors (Lipinski definition) is 5. The van der Waals surface area contributed by atoms with Crippen LogP contribution in [0, 0.1) is 0 Å². The SMILES string of the molecule is O=C(Cc1csc(NC(=O)c2ccsc2)n1)Nc1cccc(C(F)(F)F)c1. The number of nitrogens with one attached hydrogen (secondary N) is 2. The fourth-order valence-electron chi connectivity index (χ4n) is 2.15. The van der Waals surface area contributed by atoms with E-state index >= 15 is 0 Å². The van der Waals surface area contributed by atoms with Crippen molar-refractivity contribution in [3.8, 4) is 0 Å². The minimum absolute atomic E-state index is 0.0519. The minimum Gasteiger partial charge on any atom is -0.326 e. The molecule has 1 aromatic carbocycles. The summed E-state index contributed by atoms with van der Waals surface area (Å²) in [7, 11) is 0. The second-order valence-electron chi connectivity index (χ2n) is 5.41. The molecule has 140 valence electrons. The molecule has 10 heteroatoms. The fraction of sp³-hybridized carbons (Fsp3) is 0.118. The maximum atomic E-state index is 12.7. The lowest BCUT2D eigenvalue weighted by molar-refractivity contribution is -0.137. The molecule has 3 aromatic rings. The third-order valence-electron chi connectivity index (χ3n) is 3.37. The van der Waals surface area contributed by atoms with Crippen molar-refractivity contribution in [2.24, 2.45) is 0 Å². The van der Waals surface area contributed by atoms with Crippen LogP contribution in [0.4, 0.5) is 24.0 Å². The van der Waals surface area contributed by atoms with Gasteiger partial charge >= 0.3 is 6.18 Å². The predicted molar refractivity (Wildman–Crippen MR) is 98.2 cm³/mol. The van der Waals surface area contributed by atoms with Crippen molar-refractivity contribution in [3.05, 3.63) is 63.3 Å². The van der Waals surface area contributed by atoms with Crippen LogP contribution in [-0.2, 0) is 17.4 Å². The van der Waals surface area contributed by atoms with Gasteiger partial charge in [-0.3, -0.25) is 14.9 Å². The van der Waals surface area contributed by atoms with Crippen LogP contribution in [0.3, 0.4) is 0 Å². The van der Waals surface area contributed by atoms with Crippen molar-refractivity contribution in [2.75, 3.05) is 10.6 Å². The molecule has 0 saturated heterocycles. The van der Waals surface area contributed by atoms with Gasteiger partial charge in [-0.1, -0.05) is 6.07 Å². The molecule has 0 unspecified atom stereocenters. The summed E-state index contributed by atoms with van der Waals surface area (Å²) in [6.07, 6.45) is -4.60. The van der Waals surface area contributed by atoms with Crippen molar-refractivity contribution in [1.82, 2.24) is 4.98 Å². The van der Waals surface area contributed by atoms with Gasteiger partial charge in [0.2, 0.25) is 5.91 Å². The molecule has 0 spiro atoms. The number of amides is 2. The van der Waals surface area contributed by atoms with E-state index in [1.807, 2.05) is 0 Å². The molecule has 2 heterocycles. The zero-order valence-corrected chi connectivity index (χ0v) is 15.2. The van der Waals surface area contributed by atoms with Gasteiger partial charge < -0.3 is 5.32 Å². The third kappa shape index (κ3) is 5.14. The Morgan fingerprint density at radius 1 is 1.11 bits per heavy atom. The zero-order chi connectivity index (χ0) is 19.4. The first kappa shape index (κ1) is 19.1. The number of benzene rings is 1. The molecule has 2 N–H and O–H groups in total. The first-order valence-corrected chi connectivity index (χ1v) is 9.38. The Morgan fingerprint density at radius 3 is 2.63 bits per heavy atom. The highest BCUT2D eigenvalue weighted by Gasteiger charge is 2.30. The van der Waals surface area contributed by atoms with Crippen molar-refractivity contribution in [2.45, 2.75) is 12.6 Å². The largest absolute Gasteiger partial charge is 0.416 e. The number of alkyl halides is 3. The molecule has 3 rings (SSSR count). The van der Waals surface area contributed by atoms with Gasteiger partial charge in [-0.05, 0) is 29.6 Å². The number of hydrogen-bond donors (Lipinski definition) is 2. The summed E-state index contributed by atoms with van der Waals surface area (Å²) in [5, 5.41) is 10.5. The molecule has 2 amide bonds. The average Bonchev–Trinajstić information content (AvgIpc) is 3.26. The lowest BCUT2D eigenvalue weighted by Gasteiger charge is -2.09. The van der Waals surface area contributed by atoms with Crippen LogP contribution in [0.1, 0.15) is 21.6 Å². The summed E-state index contributed by atoms with van der Waals surface area (Å²) < 4.78 is 38.1. The normalized spacial score (nSPS) is 11.2. The number of carbonyl (C=O) groups is 2. The van der Waals surface area contributed by atoms with Crippen LogP contribution < -0.4 is 10.6 Å². The van der Waals surface area contributed by atoms with Gasteiger partial charge in [0.25, 0.3) is 5.91 Å². The Hall–Kier alpha value is -2.72. The van der Waals surface area contributed by atoms with Crippen LogP contribution in [-0.4, -0.2) is 16.8 Å². The van der Waals surface area contributed by atoms with Crippen LogP contribution in [0.15, 0.2) is 46.5 Å². The number of thiophene rings is 1. The molecule has 0 aliphatic rings. The van der Waals surface area contributed by atoms with Crippen LogP contribution >= 0.6 is 22.7 Å². The number of nitrogens with zero attached hydrogens (tertiary/aromatic N) is 1. The van der Waals surface area contributed by atoms with Gasteiger partial charge in [-0.2, -0.15) is 24.5 Å². The summed E-state index contributed by atoms with van der Waals surface area (Å²) >= 11 is 2.56. The number of anilines is 2. The van der Waals surface area contributed by atoms with Crippen LogP contribution in [0.2, 0.25) is 0 Å². The summed E-state index contributed by atoms with van der Waals surface area (Å²) in [5.74, 6) is -0.805. The van der Waals surface area contributed by atoms with E-state index in [1.165, 1.54) is 23.5 Å². The quantitative estimate of drug-likeness (QED) is 0.642. The molecular formula is C17H12F3N3O2S2. The molecular weight excluding hydrogens is 399 g/mol. The van der Waals surface area contributed by atoms with Gasteiger partial charge in [-0.15, -0.1) is 11.3 Å². The smallest absolute Gasteiger partial charge is 0.326 e. The highest BCUT2D eigenvalue weighted by molar-refractivity contribution is 7.14. The van der Waals surface area contributed by atoms with Crippen molar-refractivity contribution < 1.29 is 22.8 Å². The highest BCUT2D eigenvalue weighted by Crippen LogP contribution is 2.30. The molecule has 0 radical (unpaired) electrons. The Labute approximate surface area is 159 Å². The van der Waals surface area contributed by atoms with E-state index < -0.39 is 17.6 Å². The van der Waals surface area contributed by atoms with Crippen molar-refractivity contribution >= 4 is 45.3 Å². The van der Waals surface area contributed by atoms with E-state index in [-0.39, 0.29) is 18.0 Å². The molecule has 0 atom stereocenters. The van der Waals surface area contributed by atoms with E-state index in [4.69, 9.17) is 0 Å². The summed E-state index contributed by atoms with van der Waals surface area (Å²) in [4.78, 5) is 28.1. The third-order valence-corrected chi connectivity index (χ3v) is 4.86. The zero-order valence-electron chi connectivity index (χ0n) is 13.5. The van der Waals surface area contributed by atoms with Gasteiger partial charge in [0.15, 0.2) is 5.13 Å². The summed E-state index contributed by atoms with van der Waals surface area (Å²) in [5.41, 5.74) is 0.132. The Bertz CT molecular complexity index is 952. The highest BCUT2D eigenvalue weighted by atomic mass is 32.1. The van der Waals surface area contributed by atoms with Gasteiger partial charge in [0, 0.05) is 16.4 Å². The van der Waals surface area contributed by atoms with Gasteiger partial charge in [0.05, 0.1) is 23.2 Å². The molecule has 0 aliphatic heterocycles. The molecule has 0 fully saturated rings. The van der Waals surface area contributed by atoms with Crippen LogP contribution in [0.25, 0.3) is 0 Å². The summed E-state index contributed by atoms with van der Waals surface area (Å²) in [6.45, 7) is 0. The monoisotopic (exact) mass is 411 g/mol. The maximum Gasteiger partial charge on any atom is 0.416 e. The summed E-state index contributed by atoms with van der Waals surface area (Å²) in [6, 6.07) is 6.07. The molecule has 5 nitrogen and oxygen atoms in total. The van der Waals surface area contributed by atoms with Crippen LogP contribution in [0.5, 0.6) is 0 Å². The Kier molecular flexibility index (Phi) is 5.57. The standard InChI is InChI=1S/C17H12F3N3O2S2/c18-17(19,20)11-2-1-3-12(6-11)21-14(24)7-13-9-27-16(22-13)23-15(25)10-4-5-26-8-10/h1-6,8-9H,7H2,(H,21,24)(H,22,23,25). The number of aromatic nitrogens is 1. The molecule has 0 aliphatic carbocycles. The second-order valence-corrected chi connectivity index (χ2v) is 7.05. The topological polar surface area (TPSA) is 71.1 Å². The average molecular weight is 411 g/mol. The molecule has 0 bridgehead atoms. The fourth-order valence-corrected chi connectivity index (χ4v) is 3.49. The first-order valence-electron chi connectivity index (χ1n) is 7.56. The molecule has 0 saturated carbocycles. The first-order chi connectivity index (χ1) is 12.8. The van der Waals surface area contributed by atoms with Gasteiger partial charge in [0.1, 0.15) is 0 Å². The minimum atomic E-state index is -4.48. The van der Waals surface area contributed by atoms with Crippen molar-refractivity contribution in [3.63, 3.8) is 0 Å². The van der Waals surface area contributed by atoms with E-state index in [2.05, 4.69) is 15.6 Å². The maximum absolute atomic E-state index is 12.7. The predicted octanol–water partition coefficient (Wildman–Crippen LogP) is 4.66. The molecule has 2 aromatic heterocycles. The lowest BCUT2D eigenvalue weighted by Crippen LogP contribution is -2.16. The Morgan fingerprint density at radius 2 is 1.93 bits per heavy atom. The van der Waals surface area contributed by atoms with Gasteiger partial charge in [-0.25, -0.2) is 4.98 Å². The van der Waals surface area contributed by atoms with E-state index in [1.54, 1.807) is 22.2 Å².